The third-order valence-corrected chi connectivity index (χ3v) is 5.25. The van der Waals surface area contributed by atoms with E-state index < -0.39 is 0 Å². The number of para-hydroxylation sites is 1. The average Bonchev–Trinajstić information content (AvgIpc) is 2.69. The highest BCUT2D eigenvalue weighted by molar-refractivity contribution is 5.33. The molecule has 2 aromatic carbocycles. The molecule has 140 valence electrons. The number of nitrogens with one attached hydrogen (secondary N) is 2. The smallest absolute Gasteiger partial charge is 0.123 e. The fraction of sp³-hybridized carbons (Fsp3) is 0.455. The van der Waals surface area contributed by atoms with Crippen LogP contribution in [0.1, 0.15) is 30.5 Å². The van der Waals surface area contributed by atoms with Crippen LogP contribution in [0.4, 0.5) is 0 Å². The van der Waals surface area contributed by atoms with Crippen molar-refractivity contribution < 1.29 is 9.47 Å². The summed E-state index contributed by atoms with van der Waals surface area (Å²) >= 11 is 0. The van der Waals surface area contributed by atoms with Crippen molar-refractivity contribution in [2.45, 2.75) is 25.9 Å². The van der Waals surface area contributed by atoms with Gasteiger partial charge in [-0.3, -0.25) is 0 Å². The molecule has 1 aliphatic rings. The van der Waals surface area contributed by atoms with Gasteiger partial charge in [-0.1, -0.05) is 37.3 Å². The Morgan fingerprint density at radius 1 is 1.04 bits per heavy atom. The standard InChI is InChI=1S/C22H30N2O2/c1-16-12-19(15-23-14-18-6-4-5-7-21(18)26-3)22(24-13-16)17-8-10-20(25-2)11-9-17/h4-11,16,19,22-24H,12-15H2,1-3H3/t16-,19-,22+/m0/s1. The Morgan fingerprint density at radius 3 is 2.54 bits per heavy atom. The topological polar surface area (TPSA) is 42.5 Å². The maximum atomic E-state index is 5.45. The van der Waals surface area contributed by atoms with E-state index in [-0.39, 0.29) is 0 Å². The van der Waals surface area contributed by atoms with E-state index in [0.717, 1.165) is 31.1 Å². The molecular formula is C22H30N2O2. The summed E-state index contributed by atoms with van der Waals surface area (Å²) in [6.07, 6.45) is 1.22. The lowest BCUT2D eigenvalue weighted by Crippen LogP contribution is -2.42. The quantitative estimate of drug-likeness (QED) is 0.794. The van der Waals surface area contributed by atoms with Crippen molar-refractivity contribution in [1.29, 1.82) is 0 Å². The highest BCUT2D eigenvalue weighted by Gasteiger charge is 2.29. The first-order valence-corrected chi connectivity index (χ1v) is 9.41. The Hall–Kier alpha value is -2.04. The van der Waals surface area contributed by atoms with Crippen molar-refractivity contribution in [1.82, 2.24) is 10.6 Å². The Labute approximate surface area is 156 Å². The second-order valence-corrected chi connectivity index (χ2v) is 7.20. The van der Waals surface area contributed by atoms with Gasteiger partial charge >= 0.3 is 0 Å². The van der Waals surface area contributed by atoms with Crippen LogP contribution in [-0.4, -0.2) is 27.3 Å². The highest BCUT2D eigenvalue weighted by Crippen LogP contribution is 2.32. The molecule has 1 fully saturated rings. The predicted octanol–water partition coefficient (Wildman–Crippen LogP) is 3.78. The summed E-state index contributed by atoms with van der Waals surface area (Å²) < 4.78 is 10.7. The molecule has 0 unspecified atom stereocenters. The number of hydrogen-bond acceptors (Lipinski definition) is 4. The normalized spacial score (nSPS) is 22.8. The van der Waals surface area contributed by atoms with E-state index in [1.165, 1.54) is 17.5 Å². The second-order valence-electron chi connectivity index (χ2n) is 7.20. The third kappa shape index (κ3) is 4.57. The van der Waals surface area contributed by atoms with Crippen LogP contribution in [0.2, 0.25) is 0 Å². The van der Waals surface area contributed by atoms with Crippen LogP contribution in [0.25, 0.3) is 0 Å². The van der Waals surface area contributed by atoms with E-state index in [1.54, 1.807) is 14.2 Å². The van der Waals surface area contributed by atoms with Gasteiger partial charge < -0.3 is 20.1 Å². The number of ether oxygens (including phenoxy) is 2. The first kappa shape index (κ1) is 18.7. The van der Waals surface area contributed by atoms with Gasteiger partial charge in [-0.25, -0.2) is 0 Å². The van der Waals surface area contributed by atoms with Crippen LogP contribution < -0.4 is 20.1 Å². The summed E-state index contributed by atoms with van der Waals surface area (Å²) in [5, 5.41) is 7.38. The van der Waals surface area contributed by atoms with Gasteiger partial charge in [-0.2, -0.15) is 0 Å². The molecule has 2 aromatic rings. The number of methoxy groups -OCH3 is 2. The molecule has 1 saturated heterocycles. The summed E-state index contributed by atoms with van der Waals surface area (Å²) in [7, 11) is 3.44. The van der Waals surface area contributed by atoms with Gasteiger partial charge in [0.15, 0.2) is 0 Å². The van der Waals surface area contributed by atoms with Gasteiger partial charge in [0.25, 0.3) is 0 Å². The van der Waals surface area contributed by atoms with Gasteiger partial charge in [0.05, 0.1) is 14.2 Å². The molecule has 3 atom stereocenters. The average molecular weight is 354 g/mol. The number of benzene rings is 2. The van der Waals surface area contributed by atoms with Crippen LogP contribution >= 0.6 is 0 Å². The summed E-state index contributed by atoms with van der Waals surface area (Å²) in [5.74, 6) is 3.11. The molecule has 0 saturated carbocycles. The van der Waals surface area contributed by atoms with E-state index in [4.69, 9.17) is 9.47 Å². The highest BCUT2D eigenvalue weighted by atomic mass is 16.5. The lowest BCUT2D eigenvalue weighted by atomic mass is 9.82. The zero-order valence-electron chi connectivity index (χ0n) is 16.0. The number of piperidine rings is 1. The molecule has 0 radical (unpaired) electrons. The zero-order valence-corrected chi connectivity index (χ0v) is 16.0. The molecule has 1 heterocycles. The van der Waals surface area contributed by atoms with Crippen molar-refractivity contribution in [2.75, 3.05) is 27.3 Å². The molecular weight excluding hydrogens is 324 g/mol. The monoisotopic (exact) mass is 354 g/mol. The predicted molar refractivity (Wildman–Crippen MR) is 106 cm³/mol. The lowest BCUT2D eigenvalue weighted by Gasteiger charge is -2.36. The molecule has 0 amide bonds. The zero-order chi connectivity index (χ0) is 18.4. The largest absolute Gasteiger partial charge is 0.497 e. The van der Waals surface area contributed by atoms with Crippen molar-refractivity contribution in [3.63, 3.8) is 0 Å². The maximum absolute atomic E-state index is 5.45. The maximum Gasteiger partial charge on any atom is 0.123 e. The van der Waals surface area contributed by atoms with Crippen LogP contribution in [0.3, 0.4) is 0 Å². The van der Waals surface area contributed by atoms with Crippen LogP contribution in [-0.2, 0) is 6.54 Å². The number of rotatable bonds is 7. The molecule has 1 aliphatic heterocycles. The minimum atomic E-state index is 0.377. The fourth-order valence-corrected chi connectivity index (χ4v) is 3.87. The van der Waals surface area contributed by atoms with Crippen molar-refractivity contribution in [2.24, 2.45) is 11.8 Å². The minimum absolute atomic E-state index is 0.377. The second kappa shape index (κ2) is 9.06. The Balaban J connectivity index is 1.64. The van der Waals surface area contributed by atoms with Gasteiger partial charge in [0.2, 0.25) is 0 Å². The molecule has 0 spiro atoms. The third-order valence-electron chi connectivity index (χ3n) is 5.25. The van der Waals surface area contributed by atoms with E-state index in [9.17, 15) is 0 Å². The van der Waals surface area contributed by atoms with Crippen molar-refractivity contribution >= 4 is 0 Å². The van der Waals surface area contributed by atoms with Gasteiger partial charge in [-0.15, -0.1) is 0 Å². The molecule has 0 aliphatic carbocycles. The van der Waals surface area contributed by atoms with E-state index >= 15 is 0 Å². The van der Waals surface area contributed by atoms with E-state index in [0.29, 0.717) is 17.9 Å². The summed E-state index contributed by atoms with van der Waals surface area (Å²) in [4.78, 5) is 0. The van der Waals surface area contributed by atoms with Crippen LogP contribution in [0, 0.1) is 11.8 Å². The first-order chi connectivity index (χ1) is 12.7. The first-order valence-electron chi connectivity index (χ1n) is 9.41. The van der Waals surface area contributed by atoms with Crippen LogP contribution in [0.15, 0.2) is 48.5 Å². The molecule has 2 N–H and O–H groups in total. The number of hydrogen-bond donors (Lipinski definition) is 2. The summed E-state index contributed by atoms with van der Waals surface area (Å²) in [5.41, 5.74) is 2.54. The SMILES string of the molecule is COc1ccc([C@H]2NC[C@@H](C)C[C@H]2CNCc2ccccc2OC)cc1. The summed E-state index contributed by atoms with van der Waals surface area (Å²) in [6.45, 7) is 5.19. The van der Waals surface area contributed by atoms with Crippen molar-refractivity contribution in [3.8, 4) is 11.5 Å². The van der Waals surface area contributed by atoms with Gasteiger partial charge in [0, 0.05) is 24.7 Å². The molecule has 3 rings (SSSR count). The molecule has 4 nitrogen and oxygen atoms in total. The Kier molecular flexibility index (Phi) is 6.53. The Bertz CT molecular complexity index is 687. The van der Waals surface area contributed by atoms with Gasteiger partial charge in [0.1, 0.15) is 11.5 Å². The van der Waals surface area contributed by atoms with E-state index in [2.05, 4.69) is 41.8 Å². The minimum Gasteiger partial charge on any atom is -0.497 e. The molecule has 0 aromatic heterocycles. The molecule has 26 heavy (non-hydrogen) atoms. The van der Waals surface area contributed by atoms with Crippen molar-refractivity contribution in [3.05, 3.63) is 59.7 Å². The van der Waals surface area contributed by atoms with E-state index in [1.807, 2.05) is 24.3 Å². The van der Waals surface area contributed by atoms with Crippen LogP contribution in [0.5, 0.6) is 11.5 Å². The van der Waals surface area contributed by atoms with Gasteiger partial charge in [-0.05, 0) is 48.6 Å². The molecule has 0 bridgehead atoms. The summed E-state index contributed by atoms with van der Waals surface area (Å²) in [6, 6.07) is 17.0. The molecule has 4 heteroatoms. The fourth-order valence-electron chi connectivity index (χ4n) is 3.87. The lowest BCUT2D eigenvalue weighted by molar-refractivity contribution is 0.223. The Morgan fingerprint density at radius 2 is 1.81 bits per heavy atom.